The summed E-state index contributed by atoms with van der Waals surface area (Å²) in [6.07, 6.45) is 0. The highest BCUT2D eigenvalue weighted by molar-refractivity contribution is 5.37. The van der Waals surface area contributed by atoms with E-state index in [9.17, 15) is 9.50 Å². The number of aliphatic hydroxyl groups is 1. The van der Waals surface area contributed by atoms with Crippen molar-refractivity contribution < 1.29 is 19.0 Å². The predicted octanol–water partition coefficient (Wildman–Crippen LogP) is 1.56. The molecule has 1 aliphatic heterocycles. The molecule has 0 aromatic heterocycles. The summed E-state index contributed by atoms with van der Waals surface area (Å²) in [4.78, 5) is 0. The lowest BCUT2D eigenvalue weighted by atomic mass is 9.85. The Morgan fingerprint density at radius 3 is 2.81 bits per heavy atom. The summed E-state index contributed by atoms with van der Waals surface area (Å²) in [6.45, 7) is 1.21. The molecule has 1 atom stereocenters. The molecule has 1 aromatic carbocycles. The van der Waals surface area contributed by atoms with Crippen molar-refractivity contribution >= 4 is 0 Å². The highest BCUT2D eigenvalue weighted by Gasteiger charge is 2.31. The molecule has 0 aliphatic carbocycles. The van der Waals surface area contributed by atoms with Crippen LogP contribution in [-0.2, 0) is 4.74 Å². The Morgan fingerprint density at radius 2 is 2.31 bits per heavy atom. The van der Waals surface area contributed by atoms with Gasteiger partial charge in [-0.25, -0.2) is 4.39 Å². The fourth-order valence-corrected chi connectivity index (χ4v) is 1.98. The molecule has 88 valence electrons. The molecule has 4 heteroatoms. The van der Waals surface area contributed by atoms with Gasteiger partial charge in [0.05, 0.1) is 26.9 Å². The first-order valence-electron chi connectivity index (χ1n) is 5.28. The van der Waals surface area contributed by atoms with Crippen molar-refractivity contribution in [3.8, 4) is 5.75 Å². The van der Waals surface area contributed by atoms with E-state index in [0.29, 0.717) is 19.0 Å². The molecule has 3 nitrogen and oxygen atoms in total. The van der Waals surface area contributed by atoms with E-state index in [0.717, 1.165) is 5.56 Å². The summed E-state index contributed by atoms with van der Waals surface area (Å²) >= 11 is 0. The second-order valence-corrected chi connectivity index (χ2v) is 3.97. The Morgan fingerprint density at radius 1 is 1.56 bits per heavy atom. The molecule has 1 saturated heterocycles. The van der Waals surface area contributed by atoms with Crippen LogP contribution in [-0.4, -0.2) is 32.0 Å². The van der Waals surface area contributed by atoms with Crippen LogP contribution >= 0.6 is 0 Å². The number of halogens is 1. The topological polar surface area (TPSA) is 38.7 Å². The molecule has 16 heavy (non-hydrogen) atoms. The predicted molar refractivity (Wildman–Crippen MR) is 57.1 cm³/mol. The Balaban J connectivity index is 2.31. The Labute approximate surface area is 93.8 Å². The highest BCUT2D eigenvalue weighted by atomic mass is 19.1. The normalized spacial score (nSPS) is 17.9. The van der Waals surface area contributed by atoms with Crippen molar-refractivity contribution in [2.45, 2.75) is 5.92 Å². The Kier molecular flexibility index (Phi) is 3.41. The summed E-state index contributed by atoms with van der Waals surface area (Å²) in [5.41, 5.74) is 0.721. The zero-order valence-corrected chi connectivity index (χ0v) is 9.15. The summed E-state index contributed by atoms with van der Waals surface area (Å²) in [6, 6.07) is 4.37. The molecule has 1 fully saturated rings. The zero-order valence-electron chi connectivity index (χ0n) is 9.15. The van der Waals surface area contributed by atoms with Crippen molar-refractivity contribution in [1.82, 2.24) is 0 Å². The van der Waals surface area contributed by atoms with Gasteiger partial charge in [0.25, 0.3) is 0 Å². The second kappa shape index (κ2) is 4.80. The highest BCUT2D eigenvalue weighted by Crippen LogP contribution is 2.35. The van der Waals surface area contributed by atoms with Crippen LogP contribution in [0.15, 0.2) is 18.2 Å². The van der Waals surface area contributed by atoms with Gasteiger partial charge in [0, 0.05) is 17.4 Å². The number of aliphatic hydroxyl groups excluding tert-OH is 1. The number of rotatable bonds is 4. The molecule has 0 spiro atoms. The molecule has 0 saturated carbocycles. The minimum Gasteiger partial charge on any atom is -0.496 e. The van der Waals surface area contributed by atoms with E-state index < -0.39 is 0 Å². The molecule has 1 aromatic rings. The average molecular weight is 226 g/mol. The molecule has 1 N–H and O–H groups in total. The SMILES string of the molecule is COc1ccc(F)cc1C(CO)C1COC1. The van der Waals surface area contributed by atoms with Crippen LogP contribution in [0.4, 0.5) is 4.39 Å². The van der Waals surface area contributed by atoms with Crippen molar-refractivity contribution in [2.75, 3.05) is 26.9 Å². The number of methoxy groups -OCH3 is 1. The molecular weight excluding hydrogens is 211 g/mol. The van der Waals surface area contributed by atoms with Gasteiger partial charge in [-0.05, 0) is 18.2 Å². The molecule has 0 bridgehead atoms. The van der Waals surface area contributed by atoms with Crippen molar-refractivity contribution in [3.05, 3.63) is 29.6 Å². The quantitative estimate of drug-likeness (QED) is 0.846. The van der Waals surface area contributed by atoms with Crippen LogP contribution in [0.5, 0.6) is 5.75 Å². The maximum Gasteiger partial charge on any atom is 0.123 e. The molecule has 0 amide bonds. The molecule has 1 aliphatic rings. The van der Waals surface area contributed by atoms with Crippen LogP contribution in [0.2, 0.25) is 0 Å². The summed E-state index contributed by atoms with van der Waals surface area (Å²) in [5.74, 6) is 0.446. The number of benzene rings is 1. The van der Waals surface area contributed by atoms with Gasteiger partial charge < -0.3 is 14.6 Å². The first-order chi connectivity index (χ1) is 7.76. The lowest BCUT2D eigenvalue weighted by molar-refractivity contribution is -0.0530. The van der Waals surface area contributed by atoms with Crippen molar-refractivity contribution in [2.24, 2.45) is 5.92 Å². The largest absolute Gasteiger partial charge is 0.496 e. The molecule has 0 radical (unpaired) electrons. The Hall–Kier alpha value is -1.13. The standard InChI is InChI=1S/C12H15FO3/c1-15-12-3-2-9(13)4-10(12)11(5-14)8-6-16-7-8/h2-4,8,11,14H,5-7H2,1H3. The van der Waals surface area contributed by atoms with E-state index in [1.54, 1.807) is 13.2 Å². The van der Waals surface area contributed by atoms with E-state index in [-0.39, 0.29) is 24.3 Å². The lowest BCUT2D eigenvalue weighted by Crippen LogP contribution is -2.35. The van der Waals surface area contributed by atoms with E-state index in [2.05, 4.69) is 0 Å². The van der Waals surface area contributed by atoms with E-state index in [1.807, 2.05) is 0 Å². The zero-order chi connectivity index (χ0) is 11.5. The third-order valence-corrected chi connectivity index (χ3v) is 3.02. The van der Waals surface area contributed by atoms with E-state index >= 15 is 0 Å². The van der Waals surface area contributed by atoms with Gasteiger partial charge in [0.2, 0.25) is 0 Å². The first kappa shape index (κ1) is 11.4. The molecular formula is C12H15FO3. The minimum absolute atomic E-state index is 0.0200. The summed E-state index contributed by atoms with van der Waals surface area (Å²) < 4.78 is 23.5. The number of ether oxygens (including phenoxy) is 2. The third kappa shape index (κ3) is 2.03. The van der Waals surface area contributed by atoms with Crippen molar-refractivity contribution in [3.63, 3.8) is 0 Å². The van der Waals surface area contributed by atoms with Crippen LogP contribution in [0.25, 0.3) is 0 Å². The van der Waals surface area contributed by atoms with Gasteiger partial charge in [0.15, 0.2) is 0 Å². The molecule has 1 heterocycles. The van der Waals surface area contributed by atoms with E-state index in [1.165, 1.54) is 12.1 Å². The van der Waals surface area contributed by atoms with Gasteiger partial charge in [-0.3, -0.25) is 0 Å². The smallest absolute Gasteiger partial charge is 0.123 e. The van der Waals surface area contributed by atoms with E-state index in [4.69, 9.17) is 9.47 Å². The van der Waals surface area contributed by atoms with Crippen LogP contribution < -0.4 is 4.74 Å². The second-order valence-electron chi connectivity index (χ2n) is 3.97. The van der Waals surface area contributed by atoms with Gasteiger partial charge in [-0.2, -0.15) is 0 Å². The summed E-state index contributed by atoms with van der Waals surface area (Å²) in [5, 5.41) is 9.39. The lowest BCUT2D eigenvalue weighted by Gasteiger charge is -2.33. The van der Waals surface area contributed by atoms with Gasteiger partial charge in [-0.15, -0.1) is 0 Å². The molecule has 1 unspecified atom stereocenters. The van der Waals surface area contributed by atoms with Crippen molar-refractivity contribution in [1.29, 1.82) is 0 Å². The fraction of sp³-hybridized carbons (Fsp3) is 0.500. The van der Waals surface area contributed by atoms with Crippen LogP contribution in [0.1, 0.15) is 11.5 Å². The van der Waals surface area contributed by atoms with Gasteiger partial charge in [0.1, 0.15) is 11.6 Å². The van der Waals surface area contributed by atoms with Crippen LogP contribution in [0.3, 0.4) is 0 Å². The fourth-order valence-electron chi connectivity index (χ4n) is 1.98. The average Bonchev–Trinajstić information content (AvgIpc) is 2.23. The molecule has 2 rings (SSSR count). The van der Waals surface area contributed by atoms with Gasteiger partial charge in [-0.1, -0.05) is 0 Å². The first-order valence-corrected chi connectivity index (χ1v) is 5.28. The monoisotopic (exact) mass is 226 g/mol. The van der Waals surface area contributed by atoms with Gasteiger partial charge >= 0.3 is 0 Å². The third-order valence-electron chi connectivity index (χ3n) is 3.02. The summed E-state index contributed by atoms with van der Waals surface area (Å²) in [7, 11) is 1.54. The number of hydrogen-bond donors (Lipinski definition) is 1. The maximum absolute atomic E-state index is 13.2. The number of hydrogen-bond acceptors (Lipinski definition) is 3. The van der Waals surface area contributed by atoms with Crippen LogP contribution in [0, 0.1) is 11.7 Å². The maximum atomic E-state index is 13.2. The minimum atomic E-state index is -0.311. The Bertz CT molecular complexity index is 363.